The summed E-state index contributed by atoms with van der Waals surface area (Å²) in [4.78, 5) is 11.2. The van der Waals surface area contributed by atoms with Crippen molar-refractivity contribution in [1.82, 2.24) is 0 Å². The van der Waals surface area contributed by atoms with Gasteiger partial charge in [0, 0.05) is 12.0 Å². The number of hydrogen-bond acceptors (Lipinski definition) is 2. The van der Waals surface area contributed by atoms with E-state index in [9.17, 15) is 4.79 Å². The molecule has 0 atom stereocenters. The highest BCUT2D eigenvalue weighted by atomic mass is 35.5. The Morgan fingerprint density at radius 2 is 2.07 bits per heavy atom. The summed E-state index contributed by atoms with van der Waals surface area (Å²) in [5.74, 6) is -0.0555. The lowest BCUT2D eigenvalue weighted by Crippen LogP contribution is -2.01. The summed E-state index contributed by atoms with van der Waals surface area (Å²) in [6, 6.07) is 9.54. The molecular weight excluding hydrogens is 212 g/mol. The van der Waals surface area contributed by atoms with Gasteiger partial charge in [-0.3, -0.25) is 0 Å². The van der Waals surface area contributed by atoms with E-state index >= 15 is 0 Å². The Balaban J connectivity index is 2.84. The molecule has 1 aromatic rings. The lowest BCUT2D eigenvalue weighted by Gasteiger charge is -2.03. The maximum absolute atomic E-state index is 11.2. The van der Waals surface area contributed by atoms with Crippen molar-refractivity contribution in [2.75, 3.05) is 12.5 Å². The number of benzene rings is 1. The molecule has 0 spiro atoms. The van der Waals surface area contributed by atoms with Gasteiger partial charge in [-0.1, -0.05) is 30.3 Å². The third kappa shape index (κ3) is 3.76. The maximum atomic E-state index is 11.2. The number of ether oxygens (including phenoxy) is 1. The molecule has 0 fully saturated rings. The molecule has 0 heterocycles. The lowest BCUT2D eigenvalue weighted by molar-refractivity contribution is -0.137. The molecule has 1 aromatic carbocycles. The molecule has 2 nitrogen and oxygen atoms in total. The Kier molecular flexibility index (Phi) is 4.91. The van der Waals surface area contributed by atoms with Gasteiger partial charge in [-0.25, -0.2) is 4.79 Å². The topological polar surface area (TPSA) is 26.3 Å². The fourth-order valence-corrected chi connectivity index (χ4v) is 1.41. The predicted octanol–water partition coefficient (Wildman–Crippen LogP) is 2.87. The van der Waals surface area contributed by atoms with Gasteiger partial charge in [0.2, 0.25) is 0 Å². The Morgan fingerprint density at radius 1 is 1.40 bits per heavy atom. The lowest BCUT2D eigenvalue weighted by atomic mass is 10.1. The van der Waals surface area contributed by atoms with Crippen molar-refractivity contribution < 1.29 is 9.53 Å². The summed E-state index contributed by atoms with van der Waals surface area (Å²) < 4.78 is 4.82. The van der Waals surface area contributed by atoms with Crippen LogP contribution in [0.25, 0.3) is 5.57 Å². The molecule has 0 saturated carbocycles. The minimum Gasteiger partial charge on any atom is -0.463 e. The van der Waals surface area contributed by atoms with E-state index in [4.69, 9.17) is 16.3 Å². The van der Waals surface area contributed by atoms with Crippen LogP contribution < -0.4 is 0 Å². The molecule has 80 valence electrons. The Morgan fingerprint density at radius 3 is 2.60 bits per heavy atom. The number of halogens is 1. The van der Waals surface area contributed by atoms with Crippen LogP contribution in [0.3, 0.4) is 0 Å². The van der Waals surface area contributed by atoms with E-state index in [2.05, 4.69) is 0 Å². The average Bonchev–Trinajstić information content (AvgIpc) is 2.27. The molecule has 3 heteroatoms. The fourth-order valence-electron chi connectivity index (χ4n) is 1.18. The van der Waals surface area contributed by atoms with Gasteiger partial charge in [0.1, 0.15) is 0 Å². The normalized spacial score (nSPS) is 11.2. The fraction of sp³-hybridized carbons (Fsp3) is 0.250. The summed E-state index contributed by atoms with van der Waals surface area (Å²) in [5.41, 5.74) is 1.72. The van der Waals surface area contributed by atoms with Gasteiger partial charge in [-0.05, 0) is 18.1 Å². The van der Waals surface area contributed by atoms with Crippen LogP contribution in [-0.2, 0) is 9.53 Å². The van der Waals surface area contributed by atoms with E-state index in [1.165, 1.54) is 6.08 Å². The second-order valence-electron chi connectivity index (χ2n) is 2.92. The van der Waals surface area contributed by atoms with Crippen LogP contribution in [0.4, 0.5) is 0 Å². The molecule has 0 aliphatic rings. The van der Waals surface area contributed by atoms with E-state index in [0.29, 0.717) is 12.5 Å². The molecular formula is C12H13ClO2. The monoisotopic (exact) mass is 224 g/mol. The Labute approximate surface area is 94.5 Å². The first kappa shape index (κ1) is 11.8. The first-order valence-electron chi connectivity index (χ1n) is 4.76. The average molecular weight is 225 g/mol. The zero-order valence-electron chi connectivity index (χ0n) is 8.57. The number of esters is 1. The van der Waals surface area contributed by atoms with Gasteiger partial charge < -0.3 is 4.74 Å². The van der Waals surface area contributed by atoms with E-state index in [0.717, 1.165) is 11.1 Å². The van der Waals surface area contributed by atoms with E-state index in [-0.39, 0.29) is 5.97 Å². The zero-order valence-corrected chi connectivity index (χ0v) is 9.33. The molecule has 15 heavy (non-hydrogen) atoms. The highest BCUT2D eigenvalue weighted by molar-refractivity contribution is 6.24. The molecule has 0 aromatic heterocycles. The first-order valence-corrected chi connectivity index (χ1v) is 5.30. The largest absolute Gasteiger partial charge is 0.463 e. The van der Waals surface area contributed by atoms with Gasteiger partial charge in [-0.2, -0.15) is 0 Å². The predicted molar refractivity (Wildman–Crippen MR) is 61.8 cm³/mol. The van der Waals surface area contributed by atoms with E-state index in [1.54, 1.807) is 6.92 Å². The number of hydrogen-bond donors (Lipinski definition) is 0. The van der Waals surface area contributed by atoms with Crippen LogP contribution in [0.15, 0.2) is 36.4 Å². The van der Waals surface area contributed by atoms with Gasteiger partial charge in [0.05, 0.1) is 6.61 Å². The van der Waals surface area contributed by atoms with Crippen molar-refractivity contribution in [3.63, 3.8) is 0 Å². The molecule has 0 aliphatic heterocycles. The number of alkyl halides is 1. The molecule has 0 bridgehead atoms. The van der Waals surface area contributed by atoms with Crippen molar-refractivity contribution in [2.24, 2.45) is 0 Å². The smallest absolute Gasteiger partial charge is 0.331 e. The standard InChI is InChI=1S/C12H13ClO2/c1-2-15-12(14)8-11(9-13)10-6-4-3-5-7-10/h3-8H,2,9H2,1H3/b11-8+. The third-order valence-electron chi connectivity index (χ3n) is 1.87. The number of carbonyl (C=O) groups excluding carboxylic acids is 1. The Hall–Kier alpha value is -1.28. The maximum Gasteiger partial charge on any atom is 0.331 e. The van der Waals surface area contributed by atoms with Crippen molar-refractivity contribution in [2.45, 2.75) is 6.92 Å². The van der Waals surface area contributed by atoms with Crippen LogP contribution in [0.5, 0.6) is 0 Å². The summed E-state index contributed by atoms with van der Waals surface area (Å²) in [7, 11) is 0. The second-order valence-corrected chi connectivity index (χ2v) is 3.19. The van der Waals surface area contributed by atoms with Crippen LogP contribution in [0.2, 0.25) is 0 Å². The molecule has 0 N–H and O–H groups in total. The quantitative estimate of drug-likeness (QED) is 0.447. The minimum absolute atomic E-state index is 0.294. The van der Waals surface area contributed by atoms with E-state index in [1.807, 2.05) is 30.3 Å². The number of rotatable bonds is 4. The molecule has 0 radical (unpaired) electrons. The highest BCUT2D eigenvalue weighted by Crippen LogP contribution is 2.15. The second kappa shape index (κ2) is 6.25. The molecule has 0 unspecified atom stereocenters. The summed E-state index contributed by atoms with van der Waals surface area (Å²) in [6.45, 7) is 2.15. The first-order chi connectivity index (χ1) is 7.27. The highest BCUT2D eigenvalue weighted by Gasteiger charge is 2.03. The number of allylic oxidation sites excluding steroid dienone is 1. The van der Waals surface area contributed by atoms with Crippen LogP contribution in [0, 0.1) is 0 Å². The van der Waals surface area contributed by atoms with Crippen molar-refractivity contribution in [1.29, 1.82) is 0 Å². The third-order valence-corrected chi connectivity index (χ3v) is 2.16. The van der Waals surface area contributed by atoms with Crippen LogP contribution in [-0.4, -0.2) is 18.5 Å². The van der Waals surface area contributed by atoms with Crippen LogP contribution in [0.1, 0.15) is 12.5 Å². The van der Waals surface area contributed by atoms with Gasteiger partial charge in [0.15, 0.2) is 0 Å². The van der Waals surface area contributed by atoms with Gasteiger partial charge in [0.25, 0.3) is 0 Å². The molecule has 0 aliphatic carbocycles. The Bertz CT molecular complexity index is 344. The molecule has 1 rings (SSSR count). The van der Waals surface area contributed by atoms with Crippen LogP contribution >= 0.6 is 11.6 Å². The van der Waals surface area contributed by atoms with E-state index < -0.39 is 0 Å². The molecule has 0 amide bonds. The van der Waals surface area contributed by atoms with Crippen molar-refractivity contribution in [3.05, 3.63) is 42.0 Å². The zero-order chi connectivity index (χ0) is 11.1. The summed E-state index contributed by atoms with van der Waals surface area (Å²) >= 11 is 5.77. The summed E-state index contributed by atoms with van der Waals surface area (Å²) in [6.07, 6.45) is 1.44. The molecule has 0 saturated heterocycles. The van der Waals surface area contributed by atoms with Gasteiger partial charge >= 0.3 is 5.97 Å². The SMILES string of the molecule is CCOC(=O)/C=C(\CCl)c1ccccc1. The van der Waals surface area contributed by atoms with Crippen molar-refractivity contribution in [3.8, 4) is 0 Å². The number of carbonyl (C=O) groups is 1. The summed E-state index contributed by atoms with van der Waals surface area (Å²) in [5, 5.41) is 0. The van der Waals surface area contributed by atoms with Gasteiger partial charge in [-0.15, -0.1) is 11.6 Å². The minimum atomic E-state index is -0.350. The van der Waals surface area contributed by atoms with Crippen molar-refractivity contribution >= 4 is 23.1 Å².